The number of fused-ring (bicyclic) bond motifs is 1. The van der Waals surface area contributed by atoms with Crippen LogP contribution in [0.2, 0.25) is 0 Å². The second kappa shape index (κ2) is 7.00. The first-order valence-electron chi connectivity index (χ1n) is 7.80. The third-order valence-corrected chi connectivity index (χ3v) is 3.72. The lowest BCUT2D eigenvalue weighted by Gasteiger charge is -2.09. The highest BCUT2D eigenvalue weighted by Gasteiger charge is 2.14. The Morgan fingerprint density at radius 1 is 1.12 bits per heavy atom. The zero-order valence-electron chi connectivity index (χ0n) is 13.3. The van der Waals surface area contributed by atoms with E-state index >= 15 is 0 Å². The van der Waals surface area contributed by atoms with Crippen molar-refractivity contribution in [3.8, 4) is 5.75 Å². The number of hydrogen-bond donors (Lipinski definition) is 2. The van der Waals surface area contributed by atoms with E-state index < -0.39 is 5.91 Å². The van der Waals surface area contributed by atoms with E-state index in [-0.39, 0.29) is 11.0 Å². The molecule has 2 N–H and O–H groups in total. The van der Waals surface area contributed by atoms with E-state index in [0.717, 1.165) is 5.56 Å². The minimum absolute atomic E-state index is 0.0899. The van der Waals surface area contributed by atoms with E-state index in [9.17, 15) is 9.59 Å². The lowest BCUT2D eigenvalue weighted by atomic mass is 10.1. The molecule has 3 aromatic rings. The Balaban J connectivity index is 1.88. The SMILES string of the molecule is CCOc1cccc2c(=O)c(C(=O)NCc3ccccc3)c[nH]c12. The number of rotatable bonds is 5. The maximum absolute atomic E-state index is 12.6. The van der Waals surface area contributed by atoms with Crippen molar-refractivity contribution in [1.82, 2.24) is 10.3 Å². The van der Waals surface area contributed by atoms with Crippen LogP contribution in [0.15, 0.2) is 59.5 Å². The number of amides is 1. The number of pyridine rings is 1. The largest absolute Gasteiger partial charge is 0.492 e. The molecule has 0 saturated carbocycles. The first kappa shape index (κ1) is 15.8. The Morgan fingerprint density at radius 3 is 2.67 bits per heavy atom. The van der Waals surface area contributed by atoms with Crippen molar-refractivity contribution in [2.75, 3.05) is 6.61 Å². The summed E-state index contributed by atoms with van der Waals surface area (Å²) in [5.74, 6) is 0.201. The van der Waals surface area contributed by atoms with Crippen LogP contribution in [0.5, 0.6) is 5.75 Å². The Labute approximate surface area is 139 Å². The third-order valence-electron chi connectivity index (χ3n) is 3.72. The van der Waals surface area contributed by atoms with Gasteiger partial charge in [0.15, 0.2) is 0 Å². The zero-order valence-corrected chi connectivity index (χ0v) is 13.3. The normalized spacial score (nSPS) is 10.5. The first-order chi connectivity index (χ1) is 11.7. The van der Waals surface area contributed by atoms with Gasteiger partial charge in [0, 0.05) is 12.7 Å². The third kappa shape index (κ3) is 3.15. The van der Waals surface area contributed by atoms with Gasteiger partial charge in [0.25, 0.3) is 5.91 Å². The molecule has 0 radical (unpaired) electrons. The lowest BCUT2D eigenvalue weighted by molar-refractivity contribution is 0.0949. The van der Waals surface area contributed by atoms with Gasteiger partial charge in [-0.25, -0.2) is 0 Å². The van der Waals surface area contributed by atoms with Crippen LogP contribution >= 0.6 is 0 Å². The zero-order chi connectivity index (χ0) is 16.9. The van der Waals surface area contributed by atoms with Gasteiger partial charge in [-0.2, -0.15) is 0 Å². The van der Waals surface area contributed by atoms with Crippen molar-refractivity contribution in [3.63, 3.8) is 0 Å². The summed E-state index contributed by atoms with van der Waals surface area (Å²) in [5, 5.41) is 3.21. The molecule has 2 aromatic carbocycles. The summed E-state index contributed by atoms with van der Waals surface area (Å²) in [4.78, 5) is 27.9. The number of benzene rings is 2. The van der Waals surface area contributed by atoms with Gasteiger partial charge in [-0.1, -0.05) is 36.4 Å². The van der Waals surface area contributed by atoms with Crippen LogP contribution < -0.4 is 15.5 Å². The summed E-state index contributed by atoms with van der Waals surface area (Å²) in [6.45, 7) is 2.75. The van der Waals surface area contributed by atoms with Crippen LogP contribution in [0.4, 0.5) is 0 Å². The number of hydrogen-bond acceptors (Lipinski definition) is 3. The molecule has 0 bridgehead atoms. The van der Waals surface area contributed by atoms with Gasteiger partial charge >= 0.3 is 0 Å². The highest BCUT2D eigenvalue weighted by molar-refractivity contribution is 5.97. The van der Waals surface area contributed by atoms with E-state index in [1.807, 2.05) is 37.3 Å². The maximum atomic E-state index is 12.6. The number of para-hydroxylation sites is 1. The van der Waals surface area contributed by atoms with Crippen LogP contribution in [-0.2, 0) is 6.54 Å². The molecule has 0 saturated heterocycles. The van der Waals surface area contributed by atoms with Gasteiger partial charge in [-0.15, -0.1) is 0 Å². The molecule has 0 atom stereocenters. The van der Waals surface area contributed by atoms with Crippen LogP contribution in [0.1, 0.15) is 22.8 Å². The van der Waals surface area contributed by atoms with Crippen LogP contribution in [-0.4, -0.2) is 17.5 Å². The smallest absolute Gasteiger partial charge is 0.257 e. The summed E-state index contributed by atoms with van der Waals surface area (Å²) in [5.41, 5.74) is 1.36. The lowest BCUT2D eigenvalue weighted by Crippen LogP contribution is -2.28. The fraction of sp³-hybridized carbons (Fsp3) is 0.158. The fourth-order valence-electron chi connectivity index (χ4n) is 2.54. The molecule has 5 nitrogen and oxygen atoms in total. The fourth-order valence-corrected chi connectivity index (χ4v) is 2.54. The number of ether oxygens (including phenoxy) is 1. The summed E-state index contributed by atoms with van der Waals surface area (Å²) in [6.07, 6.45) is 1.44. The van der Waals surface area contributed by atoms with Crippen molar-refractivity contribution in [2.24, 2.45) is 0 Å². The molecule has 0 aliphatic rings. The number of nitrogens with one attached hydrogen (secondary N) is 2. The predicted molar refractivity (Wildman–Crippen MR) is 93.3 cm³/mol. The van der Waals surface area contributed by atoms with Gasteiger partial charge in [0.1, 0.15) is 11.3 Å². The molecule has 1 aromatic heterocycles. The van der Waals surface area contributed by atoms with E-state index in [2.05, 4.69) is 10.3 Å². The highest BCUT2D eigenvalue weighted by Crippen LogP contribution is 2.21. The van der Waals surface area contributed by atoms with Gasteiger partial charge in [-0.3, -0.25) is 9.59 Å². The minimum Gasteiger partial charge on any atom is -0.492 e. The van der Waals surface area contributed by atoms with Gasteiger partial charge < -0.3 is 15.0 Å². The molecule has 0 fully saturated rings. The maximum Gasteiger partial charge on any atom is 0.257 e. The van der Waals surface area contributed by atoms with Gasteiger partial charge in [-0.05, 0) is 24.6 Å². The predicted octanol–water partition coefficient (Wildman–Crippen LogP) is 2.86. The molecule has 122 valence electrons. The molecule has 24 heavy (non-hydrogen) atoms. The summed E-state index contributed by atoms with van der Waals surface area (Å²) < 4.78 is 5.51. The van der Waals surface area contributed by atoms with Crippen LogP contribution in [0, 0.1) is 0 Å². The van der Waals surface area contributed by atoms with Gasteiger partial charge in [0.05, 0.1) is 17.5 Å². The number of aromatic amines is 1. The van der Waals surface area contributed by atoms with Crippen LogP contribution in [0.25, 0.3) is 10.9 Å². The van der Waals surface area contributed by atoms with E-state index in [4.69, 9.17) is 4.74 Å². The quantitative estimate of drug-likeness (QED) is 0.759. The monoisotopic (exact) mass is 322 g/mol. The average molecular weight is 322 g/mol. The minimum atomic E-state index is -0.399. The van der Waals surface area contributed by atoms with E-state index in [0.29, 0.717) is 29.8 Å². The molecule has 5 heteroatoms. The summed E-state index contributed by atoms with van der Waals surface area (Å²) >= 11 is 0. The molecule has 1 heterocycles. The molecule has 1 amide bonds. The molecular formula is C19H18N2O3. The topological polar surface area (TPSA) is 71.2 Å². The first-order valence-corrected chi connectivity index (χ1v) is 7.80. The van der Waals surface area contributed by atoms with Crippen molar-refractivity contribution >= 4 is 16.8 Å². The second-order valence-electron chi connectivity index (χ2n) is 5.31. The van der Waals surface area contributed by atoms with Crippen molar-refractivity contribution in [3.05, 3.63) is 76.1 Å². The standard InChI is InChI=1S/C19H18N2O3/c1-2-24-16-10-6-9-14-17(16)20-12-15(18(14)22)19(23)21-11-13-7-4-3-5-8-13/h3-10,12H,2,11H2,1H3,(H,20,22)(H,21,23). The number of carbonyl (C=O) groups is 1. The summed E-state index contributed by atoms with van der Waals surface area (Å²) in [6, 6.07) is 14.8. The van der Waals surface area contributed by atoms with Crippen molar-refractivity contribution in [1.29, 1.82) is 0 Å². The molecule has 3 rings (SSSR count). The van der Waals surface area contributed by atoms with Crippen molar-refractivity contribution < 1.29 is 9.53 Å². The van der Waals surface area contributed by atoms with Gasteiger partial charge in [0.2, 0.25) is 5.43 Å². The second-order valence-corrected chi connectivity index (χ2v) is 5.31. The molecule has 0 aliphatic carbocycles. The summed E-state index contributed by atoms with van der Waals surface area (Å²) in [7, 11) is 0. The highest BCUT2D eigenvalue weighted by atomic mass is 16.5. The van der Waals surface area contributed by atoms with E-state index in [1.165, 1.54) is 6.20 Å². The number of aromatic nitrogens is 1. The Morgan fingerprint density at radius 2 is 1.92 bits per heavy atom. The molecule has 0 aliphatic heterocycles. The number of carbonyl (C=O) groups excluding carboxylic acids is 1. The van der Waals surface area contributed by atoms with Crippen LogP contribution in [0.3, 0.4) is 0 Å². The Kier molecular flexibility index (Phi) is 4.61. The van der Waals surface area contributed by atoms with E-state index in [1.54, 1.807) is 18.2 Å². The molecule has 0 spiro atoms. The number of H-pyrrole nitrogens is 1. The molecular weight excluding hydrogens is 304 g/mol. The average Bonchev–Trinajstić information content (AvgIpc) is 2.62. The Bertz CT molecular complexity index is 917. The van der Waals surface area contributed by atoms with Crippen molar-refractivity contribution in [2.45, 2.75) is 13.5 Å². The molecule has 0 unspecified atom stereocenters. The Hall–Kier alpha value is -3.08.